The van der Waals surface area contributed by atoms with Crippen LogP contribution in [0.25, 0.3) is 0 Å². The molecule has 1 heterocycles. The van der Waals surface area contributed by atoms with Crippen molar-refractivity contribution in [1.82, 2.24) is 9.47 Å². The fourth-order valence-electron chi connectivity index (χ4n) is 2.15. The number of aromatic nitrogens is 1. The standard InChI is InChI=1S/C13H19N3O4/c1-9(2)15(10(3)4)13(18)8-14-7-11(16(19)20)5-6-12(14)17/h5-7,9-10H,8H2,1-4H3. The van der Waals surface area contributed by atoms with E-state index < -0.39 is 10.5 Å². The molecule has 7 heteroatoms. The molecule has 1 aromatic heterocycles. The Balaban J connectivity index is 3.03. The monoisotopic (exact) mass is 281 g/mol. The number of carbonyl (C=O) groups excluding carboxylic acids is 1. The molecule has 0 unspecified atom stereocenters. The van der Waals surface area contributed by atoms with Gasteiger partial charge in [-0.15, -0.1) is 0 Å². The second-order valence-electron chi connectivity index (χ2n) is 5.10. The third kappa shape index (κ3) is 3.66. The minimum absolute atomic E-state index is 0.00287. The summed E-state index contributed by atoms with van der Waals surface area (Å²) >= 11 is 0. The number of hydrogen-bond donors (Lipinski definition) is 0. The van der Waals surface area contributed by atoms with Gasteiger partial charge in [-0.1, -0.05) is 0 Å². The van der Waals surface area contributed by atoms with Crippen molar-refractivity contribution < 1.29 is 9.72 Å². The largest absolute Gasteiger partial charge is 0.336 e. The van der Waals surface area contributed by atoms with Crippen molar-refractivity contribution in [2.45, 2.75) is 46.3 Å². The Bertz CT molecular complexity index is 555. The van der Waals surface area contributed by atoms with Crippen molar-refractivity contribution >= 4 is 11.6 Å². The van der Waals surface area contributed by atoms with E-state index in [-0.39, 0.29) is 30.2 Å². The first kappa shape index (κ1) is 15.9. The smallest absolute Gasteiger partial charge is 0.285 e. The SMILES string of the molecule is CC(C)N(C(=O)Cn1cc([N+](=O)[O-])ccc1=O)C(C)C. The maximum atomic E-state index is 12.2. The molecule has 0 N–H and O–H groups in total. The van der Waals surface area contributed by atoms with Crippen LogP contribution >= 0.6 is 0 Å². The number of amides is 1. The fourth-order valence-corrected chi connectivity index (χ4v) is 2.15. The number of nitrogens with zero attached hydrogens (tertiary/aromatic N) is 3. The van der Waals surface area contributed by atoms with Gasteiger partial charge < -0.3 is 4.90 Å². The lowest BCUT2D eigenvalue weighted by Gasteiger charge is -2.30. The van der Waals surface area contributed by atoms with Gasteiger partial charge in [-0.3, -0.25) is 24.3 Å². The minimum Gasteiger partial charge on any atom is -0.336 e. The predicted octanol–water partition coefficient (Wildman–Crippen LogP) is 1.40. The maximum Gasteiger partial charge on any atom is 0.285 e. The Morgan fingerprint density at radius 2 is 1.85 bits per heavy atom. The highest BCUT2D eigenvalue weighted by Crippen LogP contribution is 2.09. The lowest BCUT2D eigenvalue weighted by atomic mass is 10.2. The van der Waals surface area contributed by atoms with E-state index in [1.165, 1.54) is 0 Å². The van der Waals surface area contributed by atoms with Crippen LogP contribution in [0.2, 0.25) is 0 Å². The van der Waals surface area contributed by atoms with Gasteiger partial charge in [0.1, 0.15) is 6.54 Å². The second kappa shape index (κ2) is 6.31. The highest BCUT2D eigenvalue weighted by Gasteiger charge is 2.21. The average Bonchev–Trinajstić information content (AvgIpc) is 2.30. The Morgan fingerprint density at radius 1 is 1.30 bits per heavy atom. The molecule has 110 valence electrons. The molecule has 1 aromatic rings. The van der Waals surface area contributed by atoms with Crippen LogP contribution in [-0.2, 0) is 11.3 Å². The van der Waals surface area contributed by atoms with E-state index in [0.29, 0.717) is 0 Å². The van der Waals surface area contributed by atoms with Gasteiger partial charge in [0.25, 0.3) is 11.2 Å². The zero-order chi connectivity index (χ0) is 15.4. The van der Waals surface area contributed by atoms with Gasteiger partial charge in [-0.2, -0.15) is 0 Å². The lowest BCUT2D eigenvalue weighted by molar-refractivity contribution is -0.385. The van der Waals surface area contributed by atoms with E-state index >= 15 is 0 Å². The predicted molar refractivity (Wildman–Crippen MR) is 74.5 cm³/mol. The topological polar surface area (TPSA) is 85.4 Å². The van der Waals surface area contributed by atoms with Gasteiger partial charge in [0, 0.05) is 24.2 Å². The summed E-state index contributed by atoms with van der Waals surface area (Å²) in [6.07, 6.45) is 1.10. The molecule has 0 spiro atoms. The van der Waals surface area contributed by atoms with Crippen molar-refractivity contribution in [3.05, 3.63) is 38.8 Å². The van der Waals surface area contributed by atoms with Crippen molar-refractivity contribution in [1.29, 1.82) is 0 Å². The van der Waals surface area contributed by atoms with Crippen LogP contribution in [0.4, 0.5) is 5.69 Å². The molecule has 0 aromatic carbocycles. The molecule has 20 heavy (non-hydrogen) atoms. The number of hydrogen-bond acceptors (Lipinski definition) is 4. The molecular weight excluding hydrogens is 262 g/mol. The van der Waals surface area contributed by atoms with Gasteiger partial charge in [0.15, 0.2) is 0 Å². The molecule has 1 amide bonds. The lowest BCUT2D eigenvalue weighted by Crippen LogP contribution is -2.44. The molecule has 0 atom stereocenters. The van der Waals surface area contributed by atoms with Gasteiger partial charge in [0.05, 0.1) is 11.1 Å². The summed E-state index contributed by atoms with van der Waals surface area (Å²) in [5.41, 5.74) is -0.644. The minimum atomic E-state index is -0.594. The highest BCUT2D eigenvalue weighted by molar-refractivity contribution is 5.76. The molecule has 0 saturated heterocycles. The zero-order valence-electron chi connectivity index (χ0n) is 12.1. The van der Waals surface area contributed by atoms with Gasteiger partial charge >= 0.3 is 0 Å². The number of rotatable bonds is 5. The third-order valence-electron chi connectivity index (χ3n) is 2.88. The summed E-state index contributed by atoms with van der Waals surface area (Å²) in [7, 11) is 0. The Hall–Kier alpha value is -2.18. The van der Waals surface area contributed by atoms with E-state index in [9.17, 15) is 19.7 Å². The van der Waals surface area contributed by atoms with Crippen molar-refractivity contribution in [2.75, 3.05) is 0 Å². The van der Waals surface area contributed by atoms with E-state index in [4.69, 9.17) is 0 Å². The summed E-state index contributed by atoms with van der Waals surface area (Å²) in [4.78, 5) is 35.6. The van der Waals surface area contributed by atoms with Crippen LogP contribution in [0, 0.1) is 10.1 Å². The van der Waals surface area contributed by atoms with Crippen LogP contribution < -0.4 is 5.56 Å². The third-order valence-corrected chi connectivity index (χ3v) is 2.88. The number of nitro groups is 1. The first-order chi connectivity index (χ1) is 9.23. The van der Waals surface area contributed by atoms with Gasteiger partial charge in [-0.25, -0.2) is 0 Å². The zero-order valence-corrected chi connectivity index (χ0v) is 12.1. The summed E-state index contributed by atoms with van der Waals surface area (Å²) in [5, 5.41) is 10.7. The Morgan fingerprint density at radius 3 is 2.30 bits per heavy atom. The second-order valence-corrected chi connectivity index (χ2v) is 5.10. The van der Waals surface area contributed by atoms with Crippen molar-refractivity contribution in [2.24, 2.45) is 0 Å². The van der Waals surface area contributed by atoms with Crippen LogP contribution in [0.15, 0.2) is 23.1 Å². The molecule has 0 saturated carbocycles. The Kier molecular flexibility index (Phi) is 5.01. The summed E-state index contributed by atoms with van der Waals surface area (Å²) in [5.74, 6) is -0.238. The molecule has 0 radical (unpaired) electrons. The molecule has 1 rings (SSSR count). The van der Waals surface area contributed by atoms with E-state index in [1.807, 2.05) is 27.7 Å². The normalized spacial score (nSPS) is 10.9. The molecule has 0 bridgehead atoms. The van der Waals surface area contributed by atoms with Crippen LogP contribution in [-0.4, -0.2) is 32.4 Å². The summed E-state index contributed by atoms with van der Waals surface area (Å²) < 4.78 is 1.07. The Labute approximate surface area is 117 Å². The average molecular weight is 281 g/mol. The van der Waals surface area contributed by atoms with Crippen LogP contribution in [0.5, 0.6) is 0 Å². The van der Waals surface area contributed by atoms with Crippen molar-refractivity contribution in [3.63, 3.8) is 0 Å². The number of pyridine rings is 1. The van der Waals surface area contributed by atoms with Crippen LogP contribution in [0.1, 0.15) is 27.7 Å². The molecule has 0 aliphatic heterocycles. The molecular formula is C13H19N3O4. The first-order valence-electron chi connectivity index (χ1n) is 6.40. The maximum absolute atomic E-state index is 12.2. The van der Waals surface area contributed by atoms with Gasteiger partial charge in [0.2, 0.25) is 5.91 Å². The van der Waals surface area contributed by atoms with Crippen LogP contribution in [0.3, 0.4) is 0 Å². The summed E-state index contributed by atoms with van der Waals surface area (Å²) in [6.45, 7) is 7.33. The first-order valence-corrected chi connectivity index (χ1v) is 6.40. The molecule has 0 aliphatic rings. The van der Waals surface area contributed by atoms with Crippen molar-refractivity contribution in [3.8, 4) is 0 Å². The molecule has 7 nitrogen and oxygen atoms in total. The quantitative estimate of drug-likeness (QED) is 0.603. The fraction of sp³-hybridized carbons (Fsp3) is 0.538. The molecule has 0 aliphatic carbocycles. The molecule has 0 fully saturated rings. The van der Waals surface area contributed by atoms with Gasteiger partial charge in [-0.05, 0) is 27.7 Å². The number of carbonyl (C=O) groups is 1. The van der Waals surface area contributed by atoms with E-state index in [0.717, 1.165) is 22.9 Å². The summed E-state index contributed by atoms with van der Waals surface area (Å²) in [6, 6.07) is 2.22. The van der Waals surface area contributed by atoms with E-state index in [2.05, 4.69) is 0 Å². The highest BCUT2D eigenvalue weighted by atomic mass is 16.6. The van der Waals surface area contributed by atoms with E-state index in [1.54, 1.807) is 4.90 Å².